The van der Waals surface area contributed by atoms with Crippen molar-refractivity contribution in [1.82, 2.24) is 10.2 Å². The van der Waals surface area contributed by atoms with E-state index in [0.29, 0.717) is 30.2 Å². The van der Waals surface area contributed by atoms with E-state index in [9.17, 15) is 14.0 Å². The molecule has 0 bridgehead atoms. The maximum absolute atomic E-state index is 13.0. The zero-order chi connectivity index (χ0) is 18.5. The molecule has 136 valence electrons. The maximum atomic E-state index is 13.0. The van der Waals surface area contributed by atoms with Gasteiger partial charge >= 0.3 is 0 Å². The second kappa shape index (κ2) is 8.32. The fourth-order valence-electron chi connectivity index (χ4n) is 3.12. The summed E-state index contributed by atoms with van der Waals surface area (Å²) in [6, 6.07) is 12.8. The Hall–Kier alpha value is -2.40. The number of carbonyl (C=O) groups is 2. The lowest BCUT2D eigenvalue weighted by Gasteiger charge is -2.32. The van der Waals surface area contributed by atoms with Gasteiger partial charge in [0.1, 0.15) is 5.82 Å². The summed E-state index contributed by atoms with van der Waals surface area (Å²) in [7, 11) is 0. The number of rotatable bonds is 4. The molecule has 4 nitrogen and oxygen atoms in total. The van der Waals surface area contributed by atoms with E-state index in [1.807, 2.05) is 18.2 Å². The van der Waals surface area contributed by atoms with Gasteiger partial charge in [-0.05, 0) is 48.7 Å². The van der Waals surface area contributed by atoms with E-state index < -0.39 is 0 Å². The average Bonchev–Trinajstić information content (AvgIpc) is 2.67. The van der Waals surface area contributed by atoms with Crippen LogP contribution in [0.5, 0.6) is 0 Å². The zero-order valence-corrected chi connectivity index (χ0v) is 15.0. The molecular weight excluding hydrogens is 355 g/mol. The molecule has 26 heavy (non-hydrogen) atoms. The Kier molecular flexibility index (Phi) is 5.89. The third-order valence-electron chi connectivity index (χ3n) is 4.58. The van der Waals surface area contributed by atoms with Gasteiger partial charge in [0.2, 0.25) is 5.91 Å². The molecular formula is C20H20ClFN2O2. The van der Waals surface area contributed by atoms with E-state index in [-0.39, 0.29) is 23.5 Å². The van der Waals surface area contributed by atoms with Crippen molar-refractivity contribution in [2.24, 2.45) is 5.92 Å². The highest BCUT2D eigenvalue weighted by molar-refractivity contribution is 6.31. The van der Waals surface area contributed by atoms with Crippen LogP contribution < -0.4 is 5.32 Å². The van der Waals surface area contributed by atoms with Crippen LogP contribution in [-0.2, 0) is 11.3 Å². The van der Waals surface area contributed by atoms with Crippen molar-refractivity contribution in [1.29, 1.82) is 0 Å². The van der Waals surface area contributed by atoms with Gasteiger partial charge < -0.3 is 10.2 Å². The molecule has 1 fully saturated rings. The predicted molar refractivity (Wildman–Crippen MR) is 98.3 cm³/mol. The van der Waals surface area contributed by atoms with Crippen molar-refractivity contribution >= 4 is 23.4 Å². The largest absolute Gasteiger partial charge is 0.352 e. The van der Waals surface area contributed by atoms with Crippen molar-refractivity contribution in [3.63, 3.8) is 0 Å². The number of amides is 2. The number of carbonyl (C=O) groups excluding carboxylic acids is 2. The van der Waals surface area contributed by atoms with E-state index in [2.05, 4.69) is 5.32 Å². The minimum Gasteiger partial charge on any atom is -0.352 e. The van der Waals surface area contributed by atoms with Crippen molar-refractivity contribution < 1.29 is 14.0 Å². The summed E-state index contributed by atoms with van der Waals surface area (Å²) >= 11 is 6.11. The molecule has 2 aromatic carbocycles. The summed E-state index contributed by atoms with van der Waals surface area (Å²) in [5.74, 6) is -0.886. The van der Waals surface area contributed by atoms with Crippen molar-refractivity contribution in [2.75, 3.05) is 13.1 Å². The van der Waals surface area contributed by atoms with Gasteiger partial charge in [-0.3, -0.25) is 9.59 Å². The molecule has 2 aromatic rings. The van der Waals surface area contributed by atoms with E-state index in [4.69, 9.17) is 11.6 Å². The van der Waals surface area contributed by atoms with Crippen LogP contribution in [0.15, 0.2) is 48.5 Å². The molecule has 0 spiro atoms. The van der Waals surface area contributed by atoms with Gasteiger partial charge in [0, 0.05) is 30.2 Å². The third-order valence-corrected chi connectivity index (χ3v) is 4.95. The first-order valence-corrected chi connectivity index (χ1v) is 8.98. The zero-order valence-electron chi connectivity index (χ0n) is 14.3. The molecule has 0 aliphatic carbocycles. The number of hydrogen-bond acceptors (Lipinski definition) is 2. The number of benzene rings is 2. The van der Waals surface area contributed by atoms with Crippen LogP contribution in [0.4, 0.5) is 4.39 Å². The normalized spacial score (nSPS) is 17.0. The molecule has 1 aliphatic rings. The Morgan fingerprint density at radius 2 is 1.88 bits per heavy atom. The van der Waals surface area contributed by atoms with Crippen LogP contribution >= 0.6 is 11.6 Å². The second-order valence-corrected chi connectivity index (χ2v) is 6.81. The highest BCUT2D eigenvalue weighted by Gasteiger charge is 2.28. The molecule has 2 amide bonds. The first-order valence-electron chi connectivity index (χ1n) is 8.60. The predicted octanol–water partition coefficient (Wildman–Crippen LogP) is 3.65. The average molecular weight is 375 g/mol. The number of nitrogens with one attached hydrogen (secondary N) is 1. The van der Waals surface area contributed by atoms with Gasteiger partial charge in [0.05, 0.1) is 5.92 Å². The topological polar surface area (TPSA) is 49.4 Å². The Balaban J connectivity index is 1.59. The van der Waals surface area contributed by atoms with Gasteiger partial charge in [-0.15, -0.1) is 0 Å². The van der Waals surface area contributed by atoms with Crippen LogP contribution in [-0.4, -0.2) is 29.8 Å². The monoisotopic (exact) mass is 374 g/mol. The number of hydrogen-bond donors (Lipinski definition) is 1. The van der Waals surface area contributed by atoms with Crippen LogP contribution in [0, 0.1) is 11.7 Å². The Bertz CT molecular complexity index is 795. The minimum atomic E-state index is -0.378. The molecule has 1 heterocycles. The second-order valence-electron chi connectivity index (χ2n) is 6.41. The molecule has 3 rings (SSSR count). The number of halogens is 2. The summed E-state index contributed by atoms with van der Waals surface area (Å²) in [5.41, 5.74) is 1.29. The van der Waals surface area contributed by atoms with E-state index in [1.54, 1.807) is 11.0 Å². The Labute approximate surface area is 157 Å². The van der Waals surface area contributed by atoms with Gasteiger partial charge in [-0.25, -0.2) is 4.39 Å². The summed E-state index contributed by atoms with van der Waals surface area (Å²) < 4.78 is 13.0. The first-order chi connectivity index (χ1) is 12.5. The minimum absolute atomic E-state index is 0.0819. The molecule has 1 N–H and O–H groups in total. The number of piperidine rings is 1. The number of nitrogens with zero attached hydrogens (tertiary/aromatic N) is 1. The SMILES string of the molecule is O=C(NCc1ccccc1Cl)C1CCCN(C(=O)c2ccc(F)cc2)C1. The van der Waals surface area contributed by atoms with Gasteiger partial charge in [0.25, 0.3) is 5.91 Å². The lowest BCUT2D eigenvalue weighted by atomic mass is 9.96. The van der Waals surface area contributed by atoms with E-state index >= 15 is 0 Å². The fourth-order valence-corrected chi connectivity index (χ4v) is 3.32. The van der Waals surface area contributed by atoms with E-state index in [0.717, 1.165) is 18.4 Å². The van der Waals surface area contributed by atoms with Crippen LogP contribution in [0.3, 0.4) is 0 Å². The van der Waals surface area contributed by atoms with Crippen molar-refractivity contribution in [3.8, 4) is 0 Å². The molecule has 1 atom stereocenters. The molecule has 1 saturated heterocycles. The smallest absolute Gasteiger partial charge is 0.253 e. The van der Waals surface area contributed by atoms with Crippen LogP contribution in [0.2, 0.25) is 5.02 Å². The summed E-state index contributed by atoms with van der Waals surface area (Å²) in [6.07, 6.45) is 1.50. The van der Waals surface area contributed by atoms with Crippen LogP contribution in [0.1, 0.15) is 28.8 Å². The summed E-state index contributed by atoms with van der Waals surface area (Å²) in [6.45, 7) is 1.33. The summed E-state index contributed by atoms with van der Waals surface area (Å²) in [5, 5.41) is 3.52. The molecule has 1 aliphatic heterocycles. The quantitative estimate of drug-likeness (QED) is 0.888. The molecule has 0 radical (unpaired) electrons. The fraction of sp³-hybridized carbons (Fsp3) is 0.300. The molecule has 1 unspecified atom stereocenters. The van der Waals surface area contributed by atoms with Crippen LogP contribution in [0.25, 0.3) is 0 Å². The lowest BCUT2D eigenvalue weighted by molar-refractivity contribution is -0.126. The van der Waals surface area contributed by atoms with E-state index in [1.165, 1.54) is 24.3 Å². The Morgan fingerprint density at radius 3 is 2.62 bits per heavy atom. The summed E-state index contributed by atoms with van der Waals surface area (Å²) in [4.78, 5) is 26.7. The van der Waals surface area contributed by atoms with Crippen molar-refractivity contribution in [2.45, 2.75) is 19.4 Å². The molecule has 6 heteroatoms. The van der Waals surface area contributed by atoms with Crippen molar-refractivity contribution in [3.05, 3.63) is 70.5 Å². The molecule has 0 aromatic heterocycles. The first kappa shape index (κ1) is 18.4. The third kappa shape index (κ3) is 4.41. The Morgan fingerprint density at radius 1 is 1.15 bits per heavy atom. The maximum Gasteiger partial charge on any atom is 0.253 e. The number of likely N-dealkylation sites (tertiary alicyclic amines) is 1. The van der Waals surface area contributed by atoms with Gasteiger partial charge in [-0.2, -0.15) is 0 Å². The van der Waals surface area contributed by atoms with Gasteiger partial charge in [0.15, 0.2) is 0 Å². The highest BCUT2D eigenvalue weighted by Crippen LogP contribution is 2.20. The highest BCUT2D eigenvalue weighted by atomic mass is 35.5. The van der Waals surface area contributed by atoms with Gasteiger partial charge in [-0.1, -0.05) is 29.8 Å². The lowest BCUT2D eigenvalue weighted by Crippen LogP contribution is -2.45. The standard InChI is InChI=1S/C20H20ClFN2O2/c21-18-6-2-1-4-15(18)12-23-19(25)16-5-3-11-24(13-16)20(26)14-7-9-17(22)10-8-14/h1-2,4,6-10,16H,3,5,11-13H2,(H,23,25). The molecule has 0 saturated carbocycles.